The average molecular weight is 390 g/mol. The number of hydrogen-bond acceptors (Lipinski definition) is 5. The molecule has 2 N–H and O–H groups in total. The molecule has 0 saturated heterocycles. The Morgan fingerprint density at radius 1 is 1.27 bits per heavy atom. The van der Waals surface area contributed by atoms with E-state index < -0.39 is 0 Å². The number of halogens is 1. The smallest absolute Gasteiger partial charge is 0.293 e. The number of thiazole rings is 1. The van der Waals surface area contributed by atoms with Crippen molar-refractivity contribution in [3.63, 3.8) is 0 Å². The van der Waals surface area contributed by atoms with E-state index in [-0.39, 0.29) is 30.0 Å². The Morgan fingerprint density at radius 3 is 2.81 bits per heavy atom. The quantitative estimate of drug-likeness (QED) is 0.665. The molecule has 2 heterocycles. The van der Waals surface area contributed by atoms with Gasteiger partial charge in [-0.05, 0) is 30.7 Å². The van der Waals surface area contributed by atoms with Crippen LogP contribution in [0.3, 0.4) is 0 Å². The standard InChI is InChI=1S/C18H16ClN3O3S/c1-11(13-5-2-3-6-14(13)19)20-16(23)9-12-10-26-18(21-12)22-17(24)15-7-4-8-25-15/h2-8,10-11H,9H2,1H3,(H,20,23)(H,21,22,24). The fourth-order valence-corrected chi connectivity index (χ4v) is 3.38. The molecule has 1 unspecified atom stereocenters. The third-order valence-electron chi connectivity index (χ3n) is 3.61. The number of anilines is 1. The lowest BCUT2D eigenvalue weighted by Crippen LogP contribution is -2.28. The van der Waals surface area contributed by atoms with E-state index in [2.05, 4.69) is 15.6 Å². The second kappa shape index (κ2) is 8.16. The Morgan fingerprint density at radius 2 is 2.08 bits per heavy atom. The number of benzene rings is 1. The lowest BCUT2D eigenvalue weighted by molar-refractivity contribution is -0.121. The third-order valence-corrected chi connectivity index (χ3v) is 4.76. The summed E-state index contributed by atoms with van der Waals surface area (Å²) in [7, 11) is 0. The summed E-state index contributed by atoms with van der Waals surface area (Å²) >= 11 is 7.40. The monoisotopic (exact) mass is 389 g/mol. The molecule has 6 nitrogen and oxygen atoms in total. The second-order valence-electron chi connectivity index (χ2n) is 5.56. The molecule has 0 saturated carbocycles. The fraction of sp³-hybridized carbons (Fsp3) is 0.167. The molecule has 0 fully saturated rings. The summed E-state index contributed by atoms with van der Waals surface area (Å²) in [5.41, 5.74) is 1.43. The van der Waals surface area contributed by atoms with Crippen LogP contribution in [0.1, 0.15) is 34.8 Å². The molecule has 0 radical (unpaired) electrons. The molecule has 0 bridgehead atoms. The van der Waals surface area contributed by atoms with Crippen LogP contribution in [-0.4, -0.2) is 16.8 Å². The van der Waals surface area contributed by atoms with Crippen LogP contribution in [0.25, 0.3) is 0 Å². The van der Waals surface area contributed by atoms with Gasteiger partial charge in [-0.25, -0.2) is 4.98 Å². The van der Waals surface area contributed by atoms with Gasteiger partial charge >= 0.3 is 0 Å². The molecule has 3 aromatic rings. The van der Waals surface area contributed by atoms with Crippen LogP contribution in [0.4, 0.5) is 5.13 Å². The first-order valence-electron chi connectivity index (χ1n) is 7.86. The van der Waals surface area contributed by atoms with E-state index in [4.69, 9.17) is 16.0 Å². The van der Waals surface area contributed by atoms with Crippen molar-refractivity contribution in [3.8, 4) is 0 Å². The Hall–Kier alpha value is -2.64. The van der Waals surface area contributed by atoms with Gasteiger partial charge < -0.3 is 9.73 Å². The largest absolute Gasteiger partial charge is 0.459 e. The Kier molecular flexibility index (Phi) is 5.70. The van der Waals surface area contributed by atoms with Crippen LogP contribution in [-0.2, 0) is 11.2 Å². The number of amides is 2. The normalized spacial score (nSPS) is 11.8. The maximum absolute atomic E-state index is 12.2. The summed E-state index contributed by atoms with van der Waals surface area (Å²) in [6, 6.07) is 10.4. The lowest BCUT2D eigenvalue weighted by atomic mass is 10.1. The number of hydrogen-bond donors (Lipinski definition) is 2. The molecule has 1 atom stereocenters. The van der Waals surface area contributed by atoms with Crippen molar-refractivity contribution in [1.82, 2.24) is 10.3 Å². The van der Waals surface area contributed by atoms with E-state index in [1.54, 1.807) is 23.6 Å². The van der Waals surface area contributed by atoms with Gasteiger partial charge in [0.2, 0.25) is 5.91 Å². The predicted octanol–water partition coefficient (Wildman–Crippen LogP) is 4.06. The SMILES string of the molecule is CC(NC(=O)Cc1csc(NC(=O)c2ccco2)n1)c1ccccc1Cl. The number of rotatable bonds is 6. The number of aromatic nitrogens is 1. The van der Waals surface area contributed by atoms with Crippen molar-refractivity contribution >= 4 is 39.9 Å². The van der Waals surface area contributed by atoms with Gasteiger partial charge in [-0.3, -0.25) is 14.9 Å². The second-order valence-corrected chi connectivity index (χ2v) is 6.83. The first kappa shape index (κ1) is 18.2. The topological polar surface area (TPSA) is 84.2 Å². The van der Waals surface area contributed by atoms with Crippen LogP contribution in [0.2, 0.25) is 5.02 Å². The Bertz CT molecular complexity index is 908. The van der Waals surface area contributed by atoms with Gasteiger partial charge in [-0.2, -0.15) is 0 Å². The van der Waals surface area contributed by atoms with Crippen LogP contribution in [0, 0.1) is 0 Å². The zero-order valence-electron chi connectivity index (χ0n) is 13.9. The zero-order chi connectivity index (χ0) is 18.5. The van der Waals surface area contributed by atoms with Crippen molar-refractivity contribution in [1.29, 1.82) is 0 Å². The molecular formula is C18H16ClN3O3S. The van der Waals surface area contributed by atoms with E-state index >= 15 is 0 Å². The highest BCUT2D eigenvalue weighted by Gasteiger charge is 2.15. The first-order valence-corrected chi connectivity index (χ1v) is 9.11. The van der Waals surface area contributed by atoms with Gasteiger partial charge in [0.15, 0.2) is 10.9 Å². The van der Waals surface area contributed by atoms with Crippen molar-refractivity contribution in [2.45, 2.75) is 19.4 Å². The van der Waals surface area contributed by atoms with E-state index in [0.717, 1.165) is 5.56 Å². The van der Waals surface area contributed by atoms with Gasteiger partial charge in [-0.1, -0.05) is 29.8 Å². The van der Waals surface area contributed by atoms with E-state index in [0.29, 0.717) is 15.8 Å². The summed E-state index contributed by atoms with van der Waals surface area (Å²) in [5.74, 6) is -0.354. The van der Waals surface area contributed by atoms with Gasteiger partial charge in [0.1, 0.15) is 0 Å². The van der Waals surface area contributed by atoms with Gasteiger partial charge in [-0.15, -0.1) is 11.3 Å². The van der Waals surface area contributed by atoms with Gasteiger partial charge in [0, 0.05) is 10.4 Å². The molecule has 8 heteroatoms. The Balaban J connectivity index is 1.56. The maximum Gasteiger partial charge on any atom is 0.293 e. The first-order chi connectivity index (χ1) is 12.5. The molecule has 134 valence electrons. The molecule has 0 aliphatic rings. The van der Waals surface area contributed by atoms with Crippen LogP contribution in [0.5, 0.6) is 0 Å². The Labute approximate surface area is 159 Å². The summed E-state index contributed by atoms with van der Waals surface area (Å²) in [6.07, 6.45) is 1.54. The van der Waals surface area contributed by atoms with E-state index in [1.807, 2.05) is 25.1 Å². The van der Waals surface area contributed by atoms with Crippen molar-refractivity contribution in [3.05, 3.63) is 70.1 Å². The summed E-state index contributed by atoms with van der Waals surface area (Å²) < 4.78 is 5.02. The molecule has 26 heavy (non-hydrogen) atoms. The molecule has 2 amide bonds. The van der Waals surface area contributed by atoms with Crippen LogP contribution < -0.4 is 10.6 Å². The van der Waals surface area contributed by atoms with Crippen molar-refractivity contribution in [2.24, 2.45) is 0 Å². The number of carbonyl (C=O) groups is 2. The van der Waals surface area contributed by atoms with Gasteiger partial charge in [0.25, 0.3) is 5.91 Å². The zero-order valence-corrected chi connectivity index (χ0v) is 15.4. The highest BCUT2D eigenvalue weighted by molar-refractivity contribution is 7.14. The number of nitrogens with zero attached hydrogens (tertiary/aromatic N) is 1. The lowest BCUT2D eigenvalue weighted by Gasteiger charge is -2.15. The van der Waals surface area contributed by atoms with Crippen LogP contribution in [0.15, 0.2) is 52.5 Å². The van der Waals surface area contributed by atoms with Crippen LogP contribution >= 0.6 is 22.9 Å². The summed E-state index contributed by atoms with van der Waals surface area (Å²) in [6.45, 7) is 1.87. The minimum Gasteiger partial charge on any atom is -0.459 e. The molecular weight excluding hydrogens is 374 g/mol. The predicted molar refractivity (Wildman–Crippen MR) is 100 cm³/mol. The summed E-state index contributed by atoms with van der Waals surface area (Å²) in [5, 5.41) is 8.29. The third kappa shape index (κ3) is 4.50. The summed E-state index contributed by atoms with van der Waals surface area (Å²) in [4.78, 5) is 28.4. The number of nitrogens with one attached hydrogen (secondary N) is 2. The molecule has 0 aliphatic carbocycles. The fourth-order valence-electron chi connectivity index (χ4n) is 2.37. The van der Waals surface area contributed by atoms with Crippen molar-refractivity contribution < 1.29 is 14.0 Å². The van der Waals surface area contributed by atoms with E-state index in [1.165, 1.54) is 17.6 Å². The average Bonchev–Trinajstić information content (AvgIpc) is 3.27. The highest BCUT2D eigenvalue weighted by Crippen LogP contribution is 2.22. The molecule has 1 aromatic carbocycles. The van der Waals surface area contributed by atoms with Gasteiger partial charge in [0.05, 0.1) is 24.4 Å². The maximum atomic E-state index is 12.2. The number of furan rings is 1. The van der Waals surface area contributed by atoms with E-state index in [9.17, 15) is 9.59 Å². The molecule has 2 aromatic heterocycles. The molecule has 0 aliphatic heterocycles. The highest BCUT2D eigenvalue weighted by atomic mass is 35.5. The minimum atomic E-state index is -0.382. The molecule has 0 spiro atoms. The van der Waals surface area contributed by atoms with Crippen molar-refractivity contribution in [2.75, 3.05) is 5.32 Å². The number of carbonyl (C=O) groups excluding carboxylic acids is 2. The minimum absolute atomic E-state index is 0.113. The molecule has 3 rings (SSSR count).